The summed E-state index contributed by atoms with van der Waals surface area (Å²) in [4.78, 5) is 16.8. The van der Waals surface area contributed by atoms with Gasteiger partial charge in [-0.2, -0.15) is 26.3 Å². The molecule has 292 valence electrons. The number of sulfone groups is 2. The molecule has 0 saturated heterocycles. The first-order valence-electron chi connectivity index (χ1n) is 16.6. The Balaban J connectivity index is 1.24. The first kappa shape index (κ1) is 37.7. The lowest BCUT2D eigenvalue weighted by Gasteiger charge is -2.15. The molecule has 0 aliphatic rings. The highest BCUT2D eigenvalue weighted by atomic mass is 32.2. The van der Waals surface area contributed by atoms with Crippen LogP contribution in [0.1, 0.15) is 17.8 Å². The quantitative estimate of drug-likeness (QED) is 0.158. The van der Waals surface area contributed by atoms with Gasteiger partial charge in [-0.05, 0) is 6.42 Å². The van der Waals surface area contributed by atoms with Crippen LogP contribution in [-0.4, -0.2) is 78.3 Å². The Morgan fingerprint density at radius 1 is 0.649 bits per heavy atom. The molecular formula is C35H24F6N10O4S2. The van der Waals surface area contributed by atoms with E-state index in [0.717, 1.165) is 6.26 Å². The number of aryl methyl sites for hydroxylation is 2. The third-order valence-electron chi connectivity index (χ3n) is 9.10. The number of aromatic nitrogens is 10. The standard InChI is InChI=1S/C35H24F6N10O4S2/c1-50-30-22(14-24(46-48-30)34(36,37)38)44-32(50)27-29(21-11-6-4-9-19(21)17-43-27)57(54,55)13-7-12-51-31-23(15-25(47-49-31)35(39,40)41)45-33(51)26-28(56(2,52)53)20-10-5-3-8-18(20)16-42-26/h3-6,8-11,14-17H,7,12-13H2,1-2H3. The maximum atomic E-state index is 14.5. The summed E-state index contributed by atoms with van der Waals surface area (Å²) in [6.45, 7) is -0.279. The molecule has 0 aliphatic carbocycles. The third kappa shape index (κ3) is 6.66. The fraction of sp³-hybridized carbons (Fsp3) is 0.200. The van der Waals surface area contributed by atoms with Crippen molar-refractivity contribution in [1.29, 1.82) is 0 Å². The average Bonchev–Trinajstić information content (AvgIpc) is 3.69. The molecule has 2 aromatic carbocycles. The predicted molar refractivity (Wildman–Crippen MR) is 193 cm³/mol. The van der Waals surface area contributed by atoms with Crippen molar-refractivity contribution in [1.82, 2.24) is 49.5 Å². The summed E-state index contributed by atoms with van der Waals surface area (Å²) in [5.74, 6) is -0.930. The van der Waals surface area contributed by atoms with Gasteiger partial charge in [0.1, 0.15) is 32.2 Å². The van der Waals surface area contributed by atoms with Gasteiger partial charge in [0.2, 0.25) is 0 Å². The summed E-state index contributed by atoms with van der Waals surface area (Å²) in [6, 6.07) is 14.2. The van der Waals surface area contributed by atoms with Gasteiger partial charge in [-0.25, -0.2) is 26.8 Å². The van der Waals surface area contributed by atoms with E-state index in [0.29, 0.717) is 22.9 Å². The number of nitrogens with zero attached hydrogens (tertiary/aromatic N) is 10. The number of hydrogen-bond donors (Lipinski definition) is 0. The fourth-order valence-corrected chi connectivity index (χ4v) is 9.34. The van der Waals surface area contributed by atoms with Crippen LogP contribution in [0.3, 0.4) is 0 Å². The van der Waals surface area contributed by atoms with E-state index in [9.17, 15) is 43.2 Å². The Morgan fingerprint density at radius 2 is 1.14 bits per heavy atom. The molecule has 0 fully saturated rings. The first-order chi connectivity index (χ1) is 26.8. The lowest BCUT2D eigenvalue weighted by molar-refractivity contribution is -0.142. The van der Waals surface area contributed by atoms with Crippen LogP contribution >= 0.6 is 0 Å². The van der Waals surface area contributed by atoms with Crippen LogP contribution in [0.4, 0.5) is 26.3 Å². The van der Waals surface area contributed by atoms with Crippen molar-refractivity contribution in [2.24, 2.45) is 7.05 Å². The molecule has 0 N–H and O–H groups in total. The molecule has 0 amide bonds. The summed E-state index contributed by atoms with van der Waals surface area (Å²) in [7, 11) is -7.02. The number of imidazole rings is 2. The minimum absolute atomic E-state index is 0.0682. The van der Waals surface area contributed by atoms with Crippen LogP contribution in [0.15, 0.2) is 82.8 Å². The van der Waals surface area contributed by atoms with E-state index in [4.69, 9.17) is 0 Å². The van der Waals surface area contributed by atoms with Crippen molar-refractivity contribution in [2.75, 3.05) is 12.0 Å². The second-order valence-corrected chi connectivity index (χ2v) is 16.9. The molecule has 0 atom stereocenters. The van der Waals surface area contributed by atoms with Gasteiger partial charge in [0.15, 0.2) is 54.0 Å². The summed E-state index contributed by atoms with van der Waals surface area (Å²) in [5.41, 5.74) is -3.82. The van der Waals surface area contributed by atoms with Gasteiger partial charge in [0.05, 0.1) is 5.75 Å². The van der Waals surface area contributed by atoms with E-state index in [-0.39, 0.29) is 78.9 Å². The van der Waals surface area contributed by atoms with Gasteiger partial charge in [0, 0.05) is 65.9 Å². The summed E-state index contributed by atoms with van der Waals surface area (Å²) in [6.07, 6.45) is -6.23. The van der Waals surface area contributed by atoms with E-state index < -0.39 is 49.2 Å². The molecule has 22 heteroatoms. The van der Waals surface area contributed by atoms with E-state index in [1.165, 1.54) is 34.6 Å². The lowest BCUT2D eigenvalue weighted by Crippen LogP contribution is -2.15. The molecule has 57 heavy (non-hydrogen) atoms. The molecule has 14 nitrogen and oxygen atoms in total. The Hall–Kier alpha value is -6.16. The molecular weight excluding hydrogens is 803 g/mol. The summed E-state index contributed by atoms with van der Waals surface area (Å²) < 4.78 is 139. The Bertz CT molecular complexity index is 3170. The number of hydrogen-bond acceptors (Lipinski definition) is 12. The smallest absolute Gasteiger partial charge is 0.309 e. The molecule has 8 rings (SSSR count). The second-order valence-electron chi connectivity index (χ2n) is 12.9. The zero-order chi connectivity index (χ0) is 40.7. The highest BCUT2D eigenvalue weighted by Crippen LogP contribution is 2.37. The van der Waals surface area contributed by atoms with E-state index in [2.05, 4.69) is 40.3 Å². The molecule has 6 heterocycles. The molecule has 0 saturated carbocycles. The molecule has 0 unspecified atom stereocenters. The number of pyridine rings is 2. The summed E-state index contributed by atoms with van der Waals surface area (Å²) >= 11 is 0. The Morgan fingerprint density at radius 3 is 1.70 bits per heavy atom. The van der Waals surface area contributed by atoms with Crippen LogP contribution in [0.25, 0.3) is 66.9 Å². The minimum Gasteiger partial charge on any atom is -0.309 e. The molecule has 0 radical (unpaired) electrons. The largest absolute Gasteiger partial charge is 0.435 e. The molecule has 8 aromatic rings. The van der Waals surface area contributed by atoms with Crippen molar-refractivity contribution < 1.29 is 43.2 Å². The van der Waals surface area contributed by atoms with E-state index in [1.54, 1.807) is 42.5 Å². The van der Waals surface area contributed by atoms with Gasteiger partial charge >= 0.3 is 12.4 Å². The maximum absolute atomic E-state index is 14.5. The average molecular weight is 827 g/mol. The van der Waals surface area contributed by atoms with Crippen LogP contribution in [0.5, 0.6) is 0 Å². The van der Waals surface area contributed by atoms with Crippen LogP contribution in [-0.2, 0) is 45.6 Å². The van der Waals surface area contributed by atoms with Gasteiger partial charge in [-0.3, -0.25) is 9.97 Å². The van der Waals surface area contributed by atoms with Crippen molar-refractivity contribution in [2.45, 2.75) is 35.1 Å². The number of halogens is 6. The Kier molecular flexibility index (Phi) is 8.75. The minimum atomic E-state index is -4.89. The highest BCUT2D eigenvalue weighted by Gasteiger charge is 2.36. The topological polar surface area (TPSA) is 181 Å². The van der Waals surface area contributed by atoms with Crippen molar-refractivity contribution in [3.8, 4) is 23.0 Å². The zero-order valence-corrected chi connectivity index (χ0v) is 30.9. The van der Waals surface area contributed by atoms with E-state index in [1.807, 2.05) is 0 Å². The predicted octanol–water partition coefficient (Wildman–Crippen LogP) is 6.24. The lowest BCUT2D eigenvalue weighted by atomic mass is 10.1. The normalized spacial score (nSPS) is 13.1. The number of alkyl halides is 6. The second kappa shape index (κ2) is 13.2. The van der Waals surface area contributed by atoms with Crippen molar-refractivity contribution in [3.63, 3.8) is 0 Å². The maximum Gasteiger partial charge on any atom is 0.435 e. The SMILES string of the molecule is Cn1c(-c2ncc3ccccc3c2S(=O)(=O)CCCn2c(-c3ncc4ccccc4c3S(C)(=O)=O)nc3cc(C(F)(F)F)nnc32)nc2cc(C(F)(F)F)nnc21. The fourth-order valence-electron chi connectivity index (χ4n) is 6.59. The number of rotatable bonds is 8. The van der Waals surface area contributed by atoms with Crippen molar-refractivity contribution >= 4 is 63.5 Å². The number of benzene rings is 2. The monoisotopic (exact) mass is 826 g/mol. The van der Waals surface area contributed by atoms with Crippen LogP contribution < -0.4 is 0 Å². The van der Waals surface area contributed by atoms with Crippen LogP contribution in [0.2, 0.25) is 0 Å². The first-order valence-corrected chi connectivity index (χ1v) is 20.1. The van der Waals surface area contributed by atoms with Crippen LogP contribution in [0, 0.1) is 0 Å². The molecule has 0 bridgehead atoms. The third-order valence-corrected chi connectivity index (χ3v) is 12.1. The number of fused-ring (bicyclic) bond motifs is 4. The molecule has 0 aliphatic heterocycles. The van der Waals surface area contributed by atoms with Gasteiger partial charge in [-0.1, -0.05) is 48.5 Å². The Labute approximate surface area is 317 Å². The van der Waals surface area contributed by atoms with E-state index >= 15 is 0 Å². The van der Waals surface area contributed by atoms with Gasteiger partial charge in [0.25, 0.3) is 0 Å². The zero-order valence-electron chi connectivity index (χ0n) is 29.2. The van der Waals surface area contributed by atoms with Crippen molar-refractivity contribution in [3.05, 3.63) is 84.4 Å². The molecule has 6 aromatic heterocycles. The van der Waals surface area contributed by atoms with Gasteiger partial charge < -0.3 is 9.13 Å². The molecule has 0 spiro atoms. The summed E-state index contributed by atoms with van der Waals surface area (Å²) in [5, 5.41) is 15.4. The van der Waals surface area contributed by atoms with Gasteiger partial charge in [-0.15, -0.1) is 20.4 Å². The highest BCUT2D eigenvalue weighted by molar-refractivity contribution is 7.91.